The van der Waals surface area contributed by atoms with Gasteiger partial charge in [-0.15, -0.1) is 0 Å². The highest BCUT2D eigenvalue weighted by Gasteiger charge is 2.34. The van der Waals surface area contributed by atoms with Gasteiger partial charge in [0, 0.05) is 5.54 Å². The highest BCUT2D eigenvalue weighted by molar-refractivity contribution is 8.22. The number of methoxy groups -OCH3 is 1. The number of carbonyl (C=O) groups excluding carboxylic acids is 1. The highest BCUT2D eigenvalue weighted by Crippen LogP contribution is 2.39. The number of hydrogen-bond acceptors (Lipinski definition) is 4. The summed E-state index contributed by atoms with van der Waals surface area (Å²) in [6.45, 7) is 5.04. The van der Waals surface area contributed by atoms with Crippen molar-refractivity contribution in [2.24, 2.45) is 0 Å². The molecule has 11 heteroatoms. The van der Waals surface area contributed by atoms with Crippen molar-refractivity contribution >= 4 is 26.0 Å². The number of ether oxygens (including phenoxy) is 2. The van der Waals surface area contributed by atoms with Crippen LogP contribution >= 0.6 is 10.7 Å². The Kier molecular flexibility index (Phi) is 7.90. The van der Waals surface area contributed by atoms with Crippen LogP contribution in [0.15, 0.2) is 71.6 Å². The van der Waals surface area contributed by atoms with Gasteiger partial charge in [0.15, 0.2) is 0 Å². The largest absolute Gasteiger partial charge is 0.497 e. The fraction of sp³-hybridized carbons (Fsp3) is 0.240. The van der Waals surface area contributed by atoms with E-state index in [1.165, 1.54) is 0 Å². The van der Waals surface area contributed by atoms with E-state index in [1.54, 1.807) is 58.2 Å². The topological polar surface area (TPSA) is 76.7 Å². The monoisotopic (exact) mass is 542 g/mol. The fourth-order valence-corrected chi connectivity index (χ4v) is 4.99. The molecule has 0 spiro atoms. The van der Waals surface area contributed by atoms with Gasteiger partial charge in [-0.2, -0.15) is 13.2 Å². The molecule has 0 radical (unpaired) electrons. The third-order valence-electron chi connectivity index (χ3n) is 4.82. The van der Waals surface area contributed by atoms with E-state index in [9.17, 15) is 22.2 Å². The van der Waals surface area contributed by atoms with Crippen molar-refractivity contribution in [3.8, 4) is 28.4 Å². The standard InChI is InChI=1S/C25H26ClF3N2O4S/c1-24(2,3)30-23(32)31-36(26,33)22-15-18(25(27,28)29)10-13-21(22)35-20-7-5-6-17(14-20)16-8-11-19(34-4)12-9-16/h5-15,36H,1-4H3,(H2,30,31,32,33). The lowest BCUT2D eigenvalue weighted by Crippen LogP contribution is -2.48. The Bertz CT molecular complexity index is 1290. The average Bonchev–Trinajstić information content (AvgIpc) is 2.77. The number of benzene rings is 3. The van der Waals surface area contributed by atoms with E-state index in [2.05, 4.69) is 10.0 Å². The Labute approximate surface area is 212 Å². The molecule has 194 valence electrons. The summed E-state index contributed by atoms with van der Waals surface area (Å²) in [6.07, 6.45) is -4.73. The fourth-order valence-electron chi connectivity index (χ4n) is 3.21. The van der Waals surface area contributed by atoms with Crippen LogP contribution in [0.1, 0.15) is 26.3 Å². The first kappa shape index (κ1) is 27.3. The lowest BCUT2D eigenvalue weighted by Gasteiger charge is -2.26. The van der Waals surface area contributed by atoms with E-state index in [0.29, 0.717) is 11.8 Å². The van der Waals surface area contributed by atoms with Crippen molar-refractivity contribution < 1.29 is 31.6 Å². The first-order valence-corrected chi connectivity index (χ1v) is 13.3. The molecule has 0 aliphatic heterocycles. The van der Waals surface area contributed by atoms with Crippen LogP contribution < -0.4 is 19.5 Å². The third-order valence-corrected chi connectivity index (χ3v) is 7.07. The minimum Gasteiger partial charge on any atom is -0.497 e. The molecule has 0 unspecified atom stereocenters. The first-order valence-electron chi connectivity index (χ1n) is 10.7. The van der Waals surface area contributed by atoms with Gasteiger partial charge in [0.25, 0.3) is 0 Å². The van der Waals surface area contributed by atoms with Crippen molar-refractivity contribution in [3.05, 3.63) is 72.3 Å². The number of nitrogens with one attached hydrogen (secondary N) is 2. The van der Waals surface area contributed by atoms with Crippen molar-refractivity contribution in [1.82, 2.24) is 10.0 Å². The molecule has 3 aromatic carbocycles. The van der Waals surface area contributed by atoms with Crippen LogP contribution in [0.3, 0.4) is 0 Å². The summed E-state index contributed by atoms with van der Waals surface area (Å²) in [4.78, 5) is 11.8. The molecule has 0 aliphatic rings. The van der Waals surface area contributed by atoms with Crippen LogP contribution in [0.5, 0.6) is 17.2 Å². The maximum atomic E-state index is 13.4. The number of carbonyl (C=O) groups is 1. The lowest BCUT2D eigenvalue weighted by molar-refractivity contribution is -0.137. The predicted molar refractivity (Wildman–Crippen MR) is 135 cm³/mol. The number of rotatable bonds is 6. The molecule has 6 nitrogen and oxygen atoms in total. The van der Waals surface area contributed by atoms with Gasteiger partial charge in [0.05, 0.1) is 26.9 Å². The summed E-state index contributed by atoms with van der Waals surface area (Å²) in [5.41, 5.74) is -0.177. The molecule has 0 fully saturated rings. The average molecular weight is 543 g/mol. The molecule has 0 saturated heterocycles. The second-order valence-electron chi connectivity index (χ2n) is 8.89. The SMILES string of the molecule is COc1ccc(-c2cccc(Oc3ccc(C(F)(F)F)cc3[SH](=O)(Cl)NC(=O)NC(C)(C)C)c2)cc1. The second-order valence-corrected chi connectivity index (χ2v) is 12.1. The van der Waals surface area contributed by atoms with Crippen LogP contribution in [0, 0.1) is 0 Å². The van der Waals surface area contributed by atoms with E-state index in [0.717, 1.165) is 23.3 Å². The van der Waals surface area contributed by atoms with Gasteiger partial charge in [-0.3, -0.25) is 4.72 Å². The van der Waals surface area contributed by atoms with Crippen molar-refractivity contribution in [3.63, 3.8) is 0 Å². The molecular weight excluding hydrogens is 517 g/mol. The van der Waals surface area contributed by atoms with Crippen LogP contribution in [0.2, 0.25) is 0 Å². The van der Waals surface area contributed by atoms with Gasteiger partial charge in [-0.05, 0) is 85.0 Å². The van der Waals surface area contributed by atoms with E-state index < -0.39 is 37.5 Å². The normalized spacial score (nSPS) is 12.6. The summed E-state index contributed by atoms with van der Waals surface area (Å²) in [5, 5.41) is 2.51. The van der Waals surface area contributed by atoms with Crippen LogP contribution in [0.25, 0.3) is 11.1 Å². The summed E-state index contributed by atoms with van der Waals surface area (Å²) >= 11 is 0. The molecule has 3 rings (SSSR count). The van der Waals surface area contributed by atoms with Crippen molar-refractivity contribution in [2.45, 2.75) is 37.4 Å². The molecular formula is C25H26ClF3N2O4S. The van der Waals surface area contributed by atoms with E-state index >= 15 is 0 Å². The summed E-state index contributed by atoms with van der Waals surface area (Å²) in [6, 6.07) is 15.6. The highest BCUT2D eigenvalue weighted by atomic mass is 35.7. The van der Waals surface area contributed by atoms with Gasteiger partial charge in [-0.1, -0.05) is 24.3 Å². The zero-order valence-corrected chi connectivity index (χ0v) is 21.6. The zero-order valence-electron chi connectivity index (χ0n) is 19.9. The quantitative estimate of drug-likeness (QED) is 0.239. The van der Waals surface area contributed by atoms with Gasteiger partial charge in [-0.25, -0.2) is 9.00 Å². The smallest absolute Gasteiger partial charge is 0.416 e. The maximum absolute atomic E-state index is 13.4. The number of alkyl halides is 3. The molecule has 3 aromatic rings. The Morgan fingerprint density at radius 2 is 1.58 bits per heavy atom. The number of urea groups is 1. The summed E-state index contributed by atoms with van der Waals surface area (Å²) in [5.74, 6) is 0.755. The minimum atomic E-state index is -4.73. The van der Waals surface area contributed by atoms with Gasteiger partial charge < -0.3 is 14.8 Å². The van der Waals surface area contributed by atoms with Gasteiger partial charge >= 0.3 is 12.2 Å². The van der Waals surface area contributed by atoms with E-state index in [4.69, 9.17) is 20.2 Å². The number of halogens is 4. The Balaban J connectivity index is 1.98. The molecule has 0 heterocycles. The number of thiol groups is 1. The van der Waals surface area contributed by atoms with Crippen LogP contribution in [-0.4, -0.2) is 22.9 Å². The Morgan fingerprint density at radius 1 is 0.917 bits per heavy atom. The van der Waals surface area contributed by atoms with Crippen molar-refractivity contribution in [2.75, 3.05) is 7.11 Å². The molecule has 2 N–H and O–H groups in total. The number of hydrogen-bond donors (Lipinski definition) is 3. The maximum Gasteiger partial charge on any atom is 0.416 e. The van der Waals surface area contributed by atoms with Crippen LogP contribution in [-0.2, 0) is 15.5 Å². The molecule has 2 amide bonds. The second kappa shape index (κ2) is 10.4. The molecule has 36 heavy (non-hydrogen) atoms. The van der Waals surface area contributed by atoms with E-state index in [1.807, 2.05) is 18.2 Å². The third kappa shape index (κ3) is 7.14. The van der Waals surface area contributed by atoms with Gasteiger partial charge in [0.1, 0.15) is 17.2 Å². The van der Waals surface area contributed by atoms with E-state index in [-0.39, 0.29) is 11.5 Å². The predicted octanol–water partition coefficient (Wildman–Crippen LogP) is 6.72. The van der Waals surface area contributed by atoms with Crippen molar-refractivity contribution in [1.29, 1.82) is 0 Å². The minimum absolute atomic E-state index is 0.190. The summed E-state index contributed by atoms with van der Waals surface area (Å²) in [7, 11) is 3.35. The molecule has 0 atom stereocenters. The zero-order chi connectivity index (χ0) is 26.7. The molecule has 0 saturated carbocycles. The van der Waals surface area contributed by atoms with Gasteiger partial charge in [0.2, 0.25) is 0 Å². The summed E-state index contributed by atoms with van der Waals surface area (Å²) < 4.78 is 66.6. The Morgan fingerprint density at radius 3 is 2.17 bits per heavy atom. The molecule has 0 bridgehead atoms. The first-order chi connectivity index (χ1) is 16.7. The Hall–Kier alpha value is -3.24. The number of amides is 2. The lowest BCUT2D eigenvalue weighted by atomic mass is 10.1. The molecule has 0 aliphatic carbocycles. The molecule has 0 aromatic heterocycles. The van der Waals surface area contributed by atoms with Crippen LogP contribution in [0.4, 0.5) is 18.0 Å².